The van der Waals surface area contributed by atoms with E-state index in [9.17, 15) is 4.79 Å². The number of para-hydroxylation sites is 1. The van der Waals surface area contributed by atoms with Crippen LogP contribution in [-0.4, -0.2) is 12.3 Å². The fourth-order valence-corrected chi connectivity index (χ4v) is 2.13. The lowest BCUT2D eigenvalue weighted by Crippen LogP contribution is -2.31. The van der Waals surface area contributed by atoms with E-state index in [1.807, 2.05) is 18.2 Å². The highest BCUT2D eigenvalue weighted by Gasteiger charge is 2.09. The Morgan fingerprint density at radius 2 is 2.12 bits per heavy atom. The minimum Gasteiger partial charge on any atom is -0.300 e. The molecule has 0 radical (unpaired) electrons. The van der Waals surface area contributed by atoms with E-state index in [1.54, 1.807) is 6.92 Å². The molecule has 88 valence electrons. The van der Waals surface area contributed by atoms with E-state index in [0.717, 1.165) is 30.3 Å². The van der Waals surface area contributed by atoms with Gasteiger partial charge in [0, 0.05) is 18.2 Å². The van der Waals surface area contributed by atoms with Crippen molar-refractivity contribution in [2.24, 2.45) is 4.99 Å². The lowest BCUT2D eigenvalue weighted by molar-refractivity contribution is -0.116. The van der Waals surface area contributed by atoms with Crippen LogP contribution in [0.1, 0.15) is 26.2 Å². The number of hydrogen-bond donors (Lipinski definition) is 0. The molecule has 1 aliphatic rings. The molecule has 17 heavy (non-hydrogen) atoms. The molecular formula is C15H17NO. The largest absolute Gasteiger partial charge is 0.300 e. The van der Waals surface area contributed by atoms with Crippen LogP contribution in [0.2, 0.25) is 0 Å². The minimum atomic E-state index is 0.223. The predicted molar refractivity (Wildman–Crippen MR) is 69.2 cm³/mol. The summed E-state index contributed by atoms with van der Waals surface area (Å²) in [4.78, 5) is 15.5. The quantitative estimate of drug-likeness (QED) is 0.771. The topological polar surface area (TPSA) is 29.4 Å². The summed E-state index contributed by atoms with van der Waals surface area (Å²) in [7, 11) is 0. The number of carbonyl (C=O) groups excluding carboxylic acids is 1. The molecule has 0 unspecified atom stereocenters. The molecule has 0 aromatic heterocycles. The fraction of sp³-hybridized carbons (Fsp3) is 0.333. The molecule has 0 spiro atoms. The zero-order chi connectivity index (χ0) is 12.3. The summed E-state index contributed by atoms with van der Waals surface area (Å²) in [6.45, 7) is 6.57. The highest BCUT2D eigenvalue weighted by Crippen LogP contribution is 2.18. The smallest absolute Gasteiger partial charge is 0.130 e. The average Bonchev–Trinajstić information content (AvgIpc) is 2.35. The maximum atomic E-state index is 11.0. The van der Waals surface area contributed by atoms with Crippen LogP contribution >= 0.6 is 0 Å². The van der Waals surface area contributed by atoms with Gasteiger partial charge in [0.25, 0.3) is 0 Å². The first-order chi connectivity index (χ1) is 8.18. The van der Waals surface area contributed by atoms with Gasteiger partial charge in [0.15, 0.2) is 0 Å². The number of benzene rings is 1. The molecule has 2 rings (SSSR count). The van der Waals surface area contributed by atoms with Crippen molar-refractivity contribution in [1.29, 1.82) is 0 Å². The zero-order valence-corrected chi connectivity index (χ0v) is 10.2. The number of allylic oxidation sites excluding steroid dienone is 1. The second-order valence-electron chi connectivity index (χ2n) is 4.43. The molecule has 1 heterocycles. The number of fused-ring (bicyclic) bond motifs is 1. The van der Waals surface area contributed by atoms with Gasteiger partial charge in [-0.05, 0) is 31.4 Å². The third-order valence-electron chi connectivity index (χ3n) is 3.08. The lowest BCUT2D eigenvalue weighted by Gasteiger charge is -2.13. The molecule has 0 bridgehead atoms. The molecular weight excluding hydrogens is 210 g/mol. The van der Waals surface area contributed by atoms with E-state index in [2.05, 4.69) is 17.6 Å². The van der Waals surface area contributed by atoms with Crippen LogP contribution in [0.4, 0.5) is 0 Å². The Morgan fingerprint density at radius 1 is 1.35 bits per heavy atom. The highest BCUT2D eigenvalue weighted by molar-refractivity contribution is 5.76. The number of hydrogen-bond acceptors (Lipinski definition) is 2. The summed E-state index contributed by atoms with van der Waals surface area (Å²) < 4.78 is 0. The van der Waals surface area contributed by atoms with Crippen molar-refractivity contribution in [3.63, 3.8) is 0 Å². The van der Waals surface area contributed by atoms with Crippen molar-refractivity contribution in [3.05, 3.63) is 47.0 Å². The van der Waals surface area contributed by atoms with E-state index in [0.29, 0.717) is 6.42 Å². The number of rotatable bonds is 4. The minimum absolute atomic E-state index is 0.223. The van der Waals surface area contributed by atoms with Gasteiger partial charge < -0.3 is 4.79 Å². The van der Waals surface area contributed by atoms with Crippen molar-refractivity contribution >= 4 is 11.4 Å². The number of carbonyl (C=O) groups is 1. The lowest BCUT2D eigenvalue weighted by atomic mass is 9.95. The van der Waals surface area contributed by atoms with Gasteiger partial charge in [-0.1, -0.05) is 30.4 Å². The molecule has 1 aromatic carbocycles. The number of nitrogens with zero attached hydrogens (tertiary/aromatic N) is 1. The van der Waals surface area contributed by atoms with Gasteiger partial charge >= 0.3 is 0 Å². The third kappa shape index (κ3) is 2.70. The van der Waals surface area contributed by atoms with Crippen LogP contribution < -0.4 is 10.6 Å². The molecule has 0 saturated carbocycles. The van der Waals surface area contributed by atoms with Gasteiger partial charge in [-0.25, -0.2) is 0 Å². The summed E-state index contributed by atoms with van der Waals surface area (Å²) in [6.07, 6.45) is 2.29. The Morgan fingerprint density at radius 3 is 2.88 bits per heavy atom. The predicted octanol–water partition coefficient (Wildman–Crippen LogP) is 1.79. The van der Waals surface area contributed by atoms with E-state index < -0.39 is 0 Å². The Hall–Kier alpha value is -1.70. The first kappa shape index (κ1) is 11.8. The first-order valence-corrected chi connectivity index (χ1v) is 5.99. The Bertz CT molecular complexity index is 569. The van der Waals surface area contributed by atoms with Gasteiger partial charge in [0.2, 0.25) is 0 Å². The van der Waals surface area contributed by atoms with Crippen LogP contribution in [0.25, 0.3) is 5.57 Å². The van der Waals surface area contributed by atoms with Crippen molar-refractivity contribution in [2.45, 2.75) is 26.2 Å². The standard InChI is InChI=1S/C15H17NO/c1-11(7-8-12(2)17)13-9-10-16-15-6-4-3-5-14(13)15/h3-6H,1,7-10H2,2H3. The van der Waals surface area contributed by atoms with E-state index in [4.69, 9.17) is 0 Å². The number of ketones is 1. The molecule has 0 aliphatic carbocycles. The van der Waals surface area contributed by atoms with Crippen LogP contribution in [0, 0.1) is 0 Å². The highest BCUT2D eigenvalue weighted by atomic mass is 16.1. The molecule has 1 aliphatic heterocycles. The molecule has 1 aromatic rings. The van der Waals surface area contributed by atoms with Crippen LogP contribution in [0.15, 0.2) is 41.4 Å². The second-order valence-corrected chi connectivity index (χ2v) is 4.43. The summed E-state index contributed by atoms with van der Waals surface area (Å²) in [6, 6.07) is 8.15. The van der Waals surface area contributed by atoms with E-state index in [1.165, 1.54) is 10.8 Å². The number of Topliss-reactive ketones (excluding diaryl/α,β-unsaturated/α-hetero) is 1. The molecule has 0 saturated heterocycles. The summed E-state index contributed by atoms with van der Waals surface area (Å²) in [5, 5.41) is 2.24. The monoisotopic (exact) mass is 227 g/mol. The molecule has 0 N–H and O–H groups in total. The average molecular weight is 227 g/mol. The maximum Gasteiger partial charge on any atom is 0.130 e. The summed E-state index contributed by atoms with van der Waals surface area (Å²) in [5.41, 5.74) is 2.36. The van der Waals surface area contributed by atoms with Gasteiger partial charge in [-0.2, -0.15) is 0 Å². The maximum absolute atomic E-state index is 11.0. The zero-order valence-electron chi connectivity index (χ0n) is 10.2. The molecule has 0 amide bonds. The van der Waals surface area contributed by atoms with Gasteiger partial charge in [-0.15, -0.1) is 0 Å². The van der Waals surface area contributed by atoms with E-state index in [-0.39, 0.29) is 5.78 Å². The van der Waals surface area contributed by atoms with Gasteiger partial charge in [0.05, 0.1) is 5.36 Å². The van der Waals surface area contributed by atoms with Crippen molar-refractivity contribution in [2.75, 3.05) is 6.54 Å². The Labute approximate surface area is 101 Å². The summed E-state index contributed by atoms with van der Waals surface area (Å²) in [5.74, 6) is 0.223. The Kier molecular flexibility index (Phi) is 3.52. The second kappa shape index (κ2) is 5.09. The molecule has 0 fully saturated rings. The van der Waals surface area contributed by atoms with Crippen LogP contribution in [0.3, 0.4) is 0 Å². The molecule has 0 atom stereocenters. The molecule has 2 heteroatoms. The van der Waals surface area contributed by atoms with Crippen molar-refractivity contribution in [1.82, 2.24) is 0 Å². The van der Waals surface area contributed by atoms with Crippen LogP contribution in [0.5, 0.6) is 0 Å². The third-order valence-corrected chi connectivity index (χ3v) is 3.08. The van der Waals surface area contributed by atoms with Crippen molar-refractivity contribution in [3.8, 4) is 0 Å². The van der Waals surface area contributed by atoms with Crippen LogP contribution in [-0.2, 0) is 4.79 Å². The SMILES string of the molecule is C=C(CCC(C)=O)C1=c2ccccc2=NCC1. The first-order valence-electron chi connectivity index (χ1n) is 5.99. The van der Waals surface area contributed by atoms with Gasteiger partial charge in [0.1, 0.15) is 5.78 Å². The van der Waals surface area contributed by atoms with Crippen molar-refractivity contribution < 1.29 is 4.79 Å². The fourth-order valence-electron chi connectivity index (χ4n) is 2.13. The van der Waals surface area contributed by atoms with Gasteiger partial charge in [-0.3, -0.25) is 4.99 Å². The normalized spacial score (nSPS) is 13.8. The Balaban J connectivity index is 2.36. The molecule has 2 nitrogen and oxygen atoms in total. The van der Waals surface area contributed by atoms with E-state index >= 15 is 0 Å². The summed E-state index contributed by atoms with van der Waals surface area (Å²) >= 11 is 0.